The number of rotatable bonds is 8. The summed E-state index contributed by atoms with van der Waals surface area (Å²) in [6, 6.07) is 8.55. The summed E-state index contributed by atoms with van der Waals surface area (Å²) in [6.45, 7) is 4.54. The van der Waals surface area contributed by atoms with E-state index in [1.165, 1.54) is 22.9 Å². The van der Waals surface area contributed by atoms with Crippen molar-refractivity contribution in [2.45, 2.75) is 88.8 Å². The van der Waals surface area contributed by atoms with Gasteiger partial charge in [-0.1, -0.05) is 38.1 Å². The number of fused-ring (bicyclic) bond motifs is 2. The fraction of sp³-hybridized carbons (Fsp3) is 0.567. The Hall–Kier alpha value is -2.79. The highest BCUT2D eigenvalue weighted by molar-refractivity contribution is 5.92. The van der Waals surface area contributed by atoms with Gasteiger partial charge in [-0.05, 0) is 85.0 Å². The lowest BCUT2D eigenvalue weighted by Crippen LogP contribution is -2.47. The number of ether oxygens (including phenoxy) is 1. The molecule has 2 bridgehead atoms. The summed E-state index contributed by atoms with van der Waals surface area (Å²) >= 11 is 0. The van der Waals surface area contributed by atoms with Gasteiger partial charge in [-0.2, -0.15) is 5.26 Å². The molecule has 2 aliphatic heterocycles. The maximum Gasteiger partial charge on any atom is 0.198 e. The van der Waals surface area contributed by atoms with Crippen molar-refractivity contribution in [2.24, 2.45) is 5.41 Å². The minimum absolute atomic E-state index is 0.0289. The number of aliphatic hydroxyl groups excluding tert-OH is 2. The zero-order valence-corrected chi connectivity index (χ0v) is 21.8. The molecule has 7 heteroatoms. The number of Topliss-reactive ketones (excluding diaryl/α,β-unsaturated/α-hetero) is 1. The van der Waals surface area contributed by atoms with Crippen LogP contribution in [0.3, 0.4) is 0 Å². The normalized spacial score (nSPS) is 28.5. The number of carbonyl (C=O) groups is 1. The highest BCUT2D eigenvalue weighted by atomic mass is 16.6. The number of nitrogens with zero attached hydrogens (tertiary/aromatic N) is 2. The minimum Gasteiger partial charge on any atom is -0.393 e. The van der Waals surface area contributed by atoms with E-state index in [4.69, 9.17) is 10.00 Å². The van der Waals surface area contributed by atoms with E-state index in [2.05, 4.69) is 48.1 Å². The Labute approximate surface area is 218 Å². The third kappa shape index (κ3) is 5.16. The first-order valence-electron chi connectivity index (χ1n) is 13.4. The first-order valence-corrected chi connectivity index (χ1v) is 13.4. The number of hydrogen-bond donors (Lipinski definition) is 3. The van der Waals surface area contributed by atoms with Crippen molar-refractivity contribution in [1.82, 2.24) is 9.97 Å². The largest absolute Gasteiger partial charge is 0.393 e. The van der Waals surface area contributed by atoms with Crippen LogP contribution in [-0.4, -0.2) is 50.4 Å². The molecule has 3 N–H and O–H groups in total. The number of imidazole rings is 1. The van der Waals surface area contributed by atoms with Crippen molar-refractivity contribution in [3.63, 3.8) is 0 Å². The number of H-pyrrole nitrogens is 1. The summed E-state index contributed by atoms with van der Waals surface area (Å²) in [4.78, 5) is 19.7. The van der Waals surface area contributed by atoms with Crippen LogP contribution in [0.1, 0.15) is 104 Å². The SMILES string of the molecule is CC1(C)CC=C(c2cc([C@H]3C[C@]4(CO)CC[C@](CO)(C3)O4)ccc2CCC(=O)c2nc(C#N)c[nH]2)CC1. The molecule has 0 spiro atoms. The molecular weight excluding hydrogens is 466 g/mol. The average molecular weight is 504 g/mol. The van der Waals surface area contributed by atoms with Crippen molar-refractivity contribution in [2.75, 3.05) is 13.2 Å². The summed E-state index contributed by atoms with van der Waals surface area (Å²) in [5.41, 5.74) is 4.24. The van der Waals surface area contributed by atoms with Gasteiger partial charge in [-0.15, -0.1) is 0 Å². The lowest BCUT2D eigenvalue weighted by Gasteiger charge is -2.43. The molecule has 0 radical (unpaired) electrons. The van der Waals surface area contributed by atoms with Crippen LogP contribution in [0.2, 0.25) is 0 Å². The number of aliphatic hydroxyl groups is 2. The first-order chi connectivity index (χ1) is 17.7. The number of aromatic nitrogens is 2. The monoisotopic (exact) mass is 503 g/mol. The Morgan fingerprint density at radius 2 is 1.92 bits per heavy atom. The Morgan fingerprint density at radius 1 is 1.19 bits per heavy atom. The van der Waals surface area contributed by atoms with Crippen molar-refractivity contribution in [3.8, 4) is 6.07 Å². The Balaban J connectivity index is 1.43. The van der Waals surface area contributed by atoms with Gasteiger partial charge in [0.1, 0.15) is 6.07 Å². The molecule has 2 aromatic rings. The maximum absolute atomic E-state index is 12.8. The highest BCUT2D eigenvalue weighted by Gasteiger charge is 2.54. The van der Waals surface area contributed by atoms with E-state index >= 15 is 0 Å². The van der Waals surface area contributed by atoms with Crippen LogP contribution in [-0.2, 0) is 11.2 Å². The van der Waals surface area contributed by atoms with Crippen molar-refractivity contribution < 1.29 is 19.7 Å². The van der Waals surface area contributed by atoms with Gasteiger partial charge in [0.25, 0.3) is 0 Å². The predicted molar refractivity (Wildman–Crippen MR) is 140 cm³/mol. The molecule has 3 heterocycles. The van der Waals surface area contributed by atoms with Crippen molar-refractivity contribution in [1.29, 1.82) is 5.26 Å². The van der Waals surface area contributed by atoms with Crippen LogP contribution in [0, 0.1) is 16.7 Å². The topological polar surface area (TPSA) is 119 Å². The predicted octanol–water partition coefficient (Wildman–Crippen LogP) is 4.84. The standard InChI is InChI=1S/C30H37N3O4/c1-28(2)9-7-21(8-10-28)25-13-22(23-14-29(18-34)11-12-30(15-23,19-35)37-29)4-3-20(25)5-6-26(36)27-32-17-24(16-31)33-27/h3-4,7,13,17,23,34-35H,5-6,8-12,14-15,18-19H2,1-2H3,(H,32,33)/t23-,29-,30+. The molecule has 1 aromatic heterocycles. The Kier molecular flexibility index (Phi) is 6.86. The second kappa shape index (κ2) is 9.83. The molecule has 196 valence electrons. The molecule has 7 nitrogen and oxygen atoms in total. The Bertz CT molecular complexity index is 1240. The van der Waals surface area contributed by atoms with E-state index in [1.807, 2.05) is 6.07 Å². The first kappa shape index (κ1) is 25.8. The summed E-state index contributed by atoms with van der Waals surface area (Å²) in [7, 11) is 0. The number of benzene rings is 1. The number of nitriles is 1. The summed E-state index contributed by atoms with van der Waals surface area (Å²) in [5.74, 6) is 0.318. The Morgan fingerprint density at radius 3 is 2.51 bits per heavy atom. The molecule has 0 amide bonds. The second-order valence-electron chi connectivity index (χ2n) is 12.1. The van der Waals surface area contributed by atoms with Crippen LogP contribution in [0.4, 0.5) is 0 Å². The second-order valence-corrected chi connectivity index (χ2v) is 12.1. The molecule has 5 rings (SSSR count). The summed E-state index contributed by atoms with van der Waals surface area (Å²) < 4.78 is 6.25. The third-order valence-corrected chi connectivity index (χ3v) is 8.78. The smallest absolute Gasteiger partial charge is 0.198 e. The number of nitrogens with one attached hydrogen (secondary N) is 1. The van der Waals surface area contributed by atoms with Crippen molar-refractivity contribution >= 4 is 11.4 Å². The van der Waals surface area contributed by atoms with Crippen LogP contribution in [0.15, 0.2) is 30.5 Å². The third-order valence-electron chi connectivity index (χ3n) is 8.78. The summed E-state index contributed by atoms with van der Waals surface area (Å²) in [5, 5.41) is 29.3. The molecule has 2 saturated heterocycles. The van der Waals surface area contributed by atoms with Crippen LogP contribution < -0.4 is 0 Å². The number of aromatic amines is 1. The molecule has 1 aliphatic carbocycles. The fourth-order valence-corrected chi connectivity index (χ4v) is 6.44. The van der Waals surface area contributed by atoms with E-state index in [9.17, 15) is 15.0 Å². The van der Waals surface area contributed by atoms with Crippen molar-refractivity contribution in [3.05, 3.63) is 58.7 Å². The molecule has 3 aliphatic rings. The van der Waals surface area contributed by atoms with Gasteiger partial charge in [0.2, 0.25) is 0 Å². The van der Waals surface area contributed by atoms with Gasteiger partial charge >= 0.3 is 0 Å². The van der Waals surface area contributed by atoms with Gasteiger partial charge in [0, 0.05) is 12.6 Å². The van der Waals surface area contributed by atoms with Gasteiger partial charge in [0.05, 0.1) is 24.4 Å². The van der Waals surface area contributed by atoms with Gasteiger partial charge in [-0.3, -0.25) is 4.79 Å². The van der Waals surface area contributed by atoms with Crippen LogP contribution in [0.25, 0.3) is 5.57 Å². The van der Waals surface area contributed by atoms with Crippen LogP contribution in [0.5, 0.6) is 0 Å². The number of aryl methyl sites for hydroxylation is 1. The fourth-order valence-electron chi connectivity index (χ4n) is 6.44. The quantitative estimate of drug-likeness (QED) is 0.444. The van der Waals surface area contributed by atoms with Gasteiger partial charge in [-0.25, -0.2) is 4.98 Å². The number of carbonyl (C=O) groups excluding carboxylic acids is 1. The molecule has 0 saturated carbocycles. The van der Waals surface area contributed by atoms with E-state index < -0.39 is 11.2 Å². The van der Waals surface area contributed by atoms with E-state index in [-0.39, 0.29) is 41.8 Å². The maximum atomic E-state index is 12.8. The lowest BCUT2D eigenvalue weighted by molar-refractivity contribution is -0.177. The van der Waals surface area contributed by atoms with Gasteiger partial charge in [0.15, 0.2) is 17.3 Å². The average Bonchev–Trinajstić information content (AvgIpc) is 3.50. The van der Waals surface area contributed by atoms with E-state index in [0.29, 0.717) is 12.8 Å². The molecule has 0 unspecified atom stereocenters. The molecule has 2 fully saturated rings. The highest BCUT2D eigenvalue weighted by Crippen LogP contribution is 2.53. The van der Waals surface area contributed by atoms with E-state index in [0.717, 1.165) is 50.5 Å². The molecule has 1 aromatic carbocycles. The van der Waals surface area contributed by atoms with Gasteiger partial charge < -0.3 is 19.9 Å². The number of allylic oxidation sites excluding steroid dienone is 2. The summed E-state index contributed by atoms with van der Waals surface area (Å²) in [6.07, 6.45) is 10.9. The zero-order valence-electron chi connectivity index (χ0n) is 21.8. The van der Waals surface area contributed by atoms with E-state index in [1.54, 1.807) is 0 Å². The molecular formula is C30H37N3O4. The van der Waals surface area contributed by atoms with Crippen LogP contribution >= 0.6 is 0 Å². The lowest BCUT2D eigenvalue weighted by atomic mass is 9.75. The zero-order chi connectivity index (χ0) is 26.3. The minimum atomic E-state index is -0.573. The molecule has 37 heavy (non-hydrogen) atoms. The number of ketones is 1. The molecule has 3 atom stereocenters. The number of hydrogen-bond acceptors (Lipinski definition) is 6.